The predicted octanol–water partition coefficient (Wildman–Crippen LogP) is 11.8. The zero-order chi connectivity index (χ0) is 50.0. The number of epoxide rings is 1. The molecule has 4 unspecified atom stereocenters. The van der Waals surface area contributed by atoms with Crippen molar-refractivity contribution in [2.75, 3.05) is 52.9 Å². The average Bonchev–Trinajstić information content (AvgIpc) is 4.18. The SMILES string of the molecule is CCC1(COCCCOc2ccc(C=CC(=O)Oc3ccc(C(C)Cc4ccc(OC(=O)c5ccc(OC(=O)c6ccc(OCCCCCCOCC7CCC8OC8C7)cc6)cc5)cc4)cc3)cc2)COC1. The summed E-state index contributed by atoms with van der Waals surface area (Å²) in [6, 6.07) is 35.6. The first-order valence-electron chi connectivity index (χ1n) is 25.7. The van der Waals surface area contributed by atoms with Gasteiger partial charge >= 0.3 is 17.9 Å². The summed E-state index contributed by atoms with van der Waals surface area (Å²) >= 11 is 0. The molecule has 5 aromatic carbocycles. The fraction of sp³-hybridized carbons (Fsp3) is 0.417. The van der Waals surface area contributed by atoms with Crippen molar-refractivity contribution in [3.63, 3.8) is 0 Å². The Bertz CT molecular complexity index is 2490. The highest BCUT2D eigenvalue weighted by Gasteiger charge is 2.43. The standard InChI is InChI=1S/C60H68O12/c1-3-60(41-66-42-60)40-65-34-8-36-68-50-21-9-44(10-22-50)14-32-57(61)69-52-27-15-47(16-28-52)43(2)37-45-11-23-53(24-12-45)70-59(63)49-19-29-54(30-20-49)71-58(62)48-17-25-51(26-18-48)67-35-7-5-4-6-33-64-39-46-13-31-55-56(38-46)72-55/h9-12,14-30,32,43,46,55-56H,3-8,13,31,33-42H2,1-2H3. The monoisotopic (exact) mass is 980 g/mol. The first-order chi connectivity index (χ1) is 35.2. The summed E-state index contributed by atoms with van der Waals surface area (Å²) in [4.78, 5) is 38.4. The highest BCUT2D eigenvalue weighted by Crippen LogP contribution is 2.39. The van der Waals surface area contributed by atoms with E-state index in [1.807, 2.05) is 48.5 Å². The van der Waals surface area contributed by atoms with Gasteiger partial charge in [0, 0.05) is 37.7 Å². The molecule has 0 amide bonds. The molecule has 8 rings (SSSR count). The number of carbonyl (C=O) groups is 3. The van der Waals surface area contributed by atoms with Gasteiger partial charge in [0.15, 0.2) is 0 Å². The van der Waals surface area contributed by atoms with Crippen LogP contribution in [-0.4, -0.2) is 83.0 Å². The van der Waals surface area contributed by atoms with Gasteiger partial charge in [-0.15, -0.1) is 0 Å². The van der Waals surface area contributed by atoms with Crippen LogP contribution >= 0.6 is 0 Å². The largest absolute Gasteiger partial charge is 0.494 e. The molecule has 12 nitrogen and oxygen atoms in total. The summed E-state index contributed by atoms with van der Waals surface area (Å²) < 4.78 is 51.2. The van der Waals surface area contributed by atoms with Crippen LogP contribution in [-0.2, 0) is 30.2 Å². The summed E-state index contributed by atoms with van der Waals surface area (Å²) in [5.74, 6) is 1.96. The van der Waals surface area contributed by atoms with E-state index in [0.29, 0.717) is 72.1 Å². The van der Waals surface area contributed by atoms with Gasteiger partial charge in [-0.05, 0) is 171 Å². The molecule has 0 spiro atoms. The normalized spacial score (nSPS) is 18.1. The molecule has 3 fully saturated rings. The lowest BCUT2D eigenvalue weighted by atomic mass is 9.84. The lowest BCUT2D eigenvalue weighted by molar-refractivity contribution is -0.150. The number of unbranched alkanes of at least 4 members (excludes halogenated alkanes) is 3. The topological polar surface area (TPSA) is 138 Å². The van der Waals surface area contributed by atoms with Gasteiger partial charge in [0.25, 0.3) is 0 Å². The second-order valence-electron chi connectivity index (χ2n) is 19.3. The maximum Gasteiger partial charge on any atom is 0.343 e. The van der Waals surface area contributed by atoms with Gasteiger partial charge in [-0.1, -0.05) is 56.7 Å². The molecule has 72 heavy (non-hydrogen) atoms. The van der Waals surface area contributed by atoms with Gasteiger partial charge in [-0.25, -0.2) is 14.4 Å². The minimum Gasteiger partial charge on any atom is -0.494 e. The van der Waals surface area contributed by atoms with Crippen LogP contribution in [0.15, 0.2) is 127 Å². The van der Waals surface area contributed by atoms with Crippen LogP contribution in [0.4, 0.5) is 0 Å². The Morgan fingerprint density at radius 3 is 1.78 bits per heavy atom. The summed E-state index contributed by atoms with van der Waals surface area (Å²) in [5.41, 5.74) is 3.92. The van der Waals surface area contributed by atoms with E-state index < -0.39 is 17.9 Å². The Labute approximate surface area is 423 Å². The van der Waals surface area contributed by atoms with Crippen LogP contribution in [0.1, 0.15) is 115 Å². The van der Waals surface area contributed by atoms with E-state index in [0.717, 1.165) is 107 Å². The second-order valence-corrected chi connectivity index (χ2v) is 19.3. The molecule has 2 heterocycles. The number of hydrogen-bond acceptors (Lipinski definition) is 12. The van der Waals surface area contributed by atoms with Crippen LogP contribution in [0, 0.1) is 11.3 Å². The van der Waals surface area contributed by atoms with Gasteiger partial charge in [-0.2, -0.15) is 0 Å². The number of carbonyl (C=O) groups excluding carboxylic acids is 3. The zero-order valence-electron chi connectivity index (χ0n) is 41.6. The van der Waals surface area contributed by atoms with Crippen molar-refractivity contribution in [2.24, 2.45) is 11.3 Å². The van der Waals surface area contributed by atoms with E-state index >= 15 is 0 Å². The summed E-state index contributed by atoms with van der Waals surface area (Å²) in [6.07, 6.45) is 14.6. The van der Waals surface area contributed by atoms with Crippen LogP contribution in [0.5, 0.6) is 28.7 Å². The predicted molar refractivity (Wildman–Crippen MR) is 274 cm³/mol. The van der Waals surface area contributed by atoms with Gasteiger partial charge in [-0.3, -0.25) is 0 Å². The minimum atomic E-state index is -0.528. The molecule has 1 saturated carbocycles. The number of benzene rings is 5. The smallest absolute Gasteiger partial charge is 0.343 e. The second kappa shape index (κ2) is 26.4. The minimum absolute atomic E-state index is 0.171. The van der Waals surface area contributed by atoms with Gasteiger partial charge in [0.2, 0.25) is 0 Å². The molecule has 1 aliphatic carbocycles. The lowest BCUT2D eigenvalue weighted by Gasteiger charge is -2.40. The highest BCUT2D eigenvalue weighted by molar-refractivity contribution is 5.93. The van der Waals surface area contributed by atoms with Crippen molar-refractivity contribution in [1.82, 2.24) is 0 Å². The Morgan fingerprint density at radius 2 is 1.17 bits per heavy atom. The van der Waals surface area contributed by atoms with Crippen LogP contribution in [0.3, 0.4) is 0 Å². The molecule has 2 aliphatic heterocycles. The van der Waals surface area contributed by atoms with Crippen molar-refractivity contribution < 1.29 is 57.0 Å². The van der Waals surface area contributed by atoms with Crippen molar-refractivity contribution in [3.8, 4) is 28.7 Å². The Morgan fingerprint density at radius 1 is 0.611 bits per heavy atom. The number of ether oxygens (including phenoxy) is 9. The maximum absolute atomic E-state index is 13.0. The Hall–Kier alpha value is -6.31. The summed E-state index contributed by atoms with van der Waals surface area (Å²) in [6.45, 7) is 10.1. The van der Waals surface area contributed by atoms with Crippen LogP contribution in [0.25, 0.3) is 6.08 Å². The highest BCUT2D eigenvalue weighted by atomic mass is 16.6. The molecule has 12 heteroatoms. The van der Waals surface area contributed by atoms with E-state index in [1.165, 1.54) is 18.9 Å². The van der Waals surface area contributed by atoms with E-state index in [1.54, 1.807) is 78.9 Å². The number of hydrogen-bond donors (Lipinski definition) is 0. The lowest BCUT2D eigenvalue weighted by Crippen LogP contribution is -2.45. The first kappa shape index (κ1) is 52.0. The fourth-order valence-corrected chi connectivity index (χ4v) is 8.86. The third-order valence-corrected chi connectivity index (χ3v) is 13.6. The molecule has 0 radical (unpaired) electrons. The molecule has 3 aliphatic rings. The molecule has 4 atom stereocenters. The van der Waals surface area contributed by atoms with Gasteiger partial charge < -0.3 is 42.6 Å². The van der Waals surface area contributed by atoms with Gasteiger partial charge in [0.1, 0.15) is 28.7 Å². The van der Waals surface area contributed by atoms with E-state index in [-0.39, 0.29) is 11.3 Å². The zero-order valence-corrected chi connectivity index (χ0v) is 41.6. The van der Waals surface area contributed by atoms with Crippen molar-refractivity contribution in [3.05, 3.63) is 155 Å². The van der Waals surface area contributed by atoms with E-state index in [2.05, 4.69) is 13.8 Å². The quantitative estimate of drug-likeness (QED) is 0.0155. The number of rotatable bonds is 28. The number of esters is 3. The third-order valence-electron chi connectivity index (χ3n) is 13.6. The summed E-state index contributed by atoms with van der Waals surface area (Å²) in [5, 5.41) is 0. The van der Waals surface area contributed by atoms with Crippen LogP contribution in [0.2, 0.25) is 0 Å². The fourth-order valence-electron chi connectivity index (χ4n) is 8.86. The average molecular weight is 981 g/mol. The molecular weight excluding hydrogens is 913 g/mol. The maximum atomic E-state index is 13.0. The molecule has 380 valence electrons. The van der Waals surface area contributed by atoms with Gasteiger partial charge in [0.05, 0.1) is 56.4 Å². The van der Waals surface area contributed by atoms with Crippen molar-refractivity contribution in [1.29, 1.82) is 0 Å². The molecule has 2 saturated heterocycles. The molecule has 5 aromatic rings. The molecule has 0 bridgehead atoms. The third kappa shape index (κ3) is 16.1. The Balaban J connectivity index is 0.676. The Kier molecular flexibility index (Phi) is 19.1. The molecule has 0 N–H and O–H groups in total. The van der Waals surface area contributed by atoms with E-state index in [4.69, 9.17) is 42.6 Å². The van der Waals surface area contributed by atoms with Crippen molar-refractivity contribution >= 4 is 24.0 Å². The van der Waals surface area contributed by atoms with Crippen molar-refractivity contribution in [2.45, 2.75) is 96.2 Å². The molecular formula is C60H68O12. The number of fused-ring (bicyclic) bond motifs is 1. The summed E-state index contributed by atoms with van der Waals surface area (Å²) in [7, 11) is 0. The van der Waals surface area contributed by atoms with E-state index in [9.17, 15) is 14.4 Å². The first-order valence-corrected chi connectivity index (χ1v) is 25.7. The van der Waals surface area contributed by atoms with Crippen LogP contribution < -0.4 is 23.7 Å². The molecule has 0 aromatic heterocycles.